The standard InChI is InChI=1S/C34H36/c1-23-20-27(33(5,6)7)22-30-31(23)28-19-18-26(32(2,3)4)21-29(28)34(30,24-14-10-8-11-15-24)25-16-12-9-13-17-25/h8-22H,1-7H3. The summed E-state index contributed by atoms with van der Waals surface area (Å²) in [5.41, 5.74) is 12.2. The lowest BCUT2D eigenvalue weighted by Crippen LogP contribution is -2.29. The first-order valence-electron chi connectivity index (χ1n) is 12.5. The molecule has 0 heteroatoms. The molecule has 0 heterocycles. The summed E-state index contributed by atoms with van der Waals surface area (Å²) in [5, 5.41) is 0. The molecule has 172 valence electrons. The minimum atomic E-state index is -0.347. The summed E-state index contributed by atoms with van der Waals surface area (Å²) in [7, 11) is 0. The highest BCUT2D eigenvalue weighted by Gasteiger charge is 2.47. The number of fused-ring (bicyclic) bond motifs is 3. The SMILES string of the molecule is Cc1cc(C(C)(C)C)cc2c1-c1ccc(C(C)(C)C)cc1C2(c1ccccc1)c1ccccc1. The Kier molecular flexibility index (Phi) is 5.13. The molecule has 0 nitrogen and oxygen atoms in total. The van der Waals surface area contributed by atoms with Gasteiger partial charge in [0.2, 0.25) is 0 Å². The maximum Gasteiger partial charge on any atom is 0.0713 e. The van der Waals surface area contributed by atoms with Crippen molar-refractivity contribution in [2.45, 2.75) is 64.7 Å². The number of hydrogen-bond donors (Lipinski definition) is 0. The van der Waals surface area contributed by atoms with Crippen LogP contribution in [-0.2, 0) is 16.2 Å². The first kappa shape index (κ1) is 22.7. The van der Waals surface area contributed by atoms with Crippen molar-refractivity contribution in [2.24, 2.45) is 0 Å². The maximum absolute atomic E-state index is 2.50. The van der Waals surface area contributed by atoms with Crippen molar-refractivity contribution in [1.82, 2.24) is 0 Å². The lowest BCUT2D eigenvalue weighted by molar-refractivity contribution is 0.585. The normalized spacial score (nSPS) is 14.6. The lowest BCUT2D eigenvalue weighted by atomic mass is 9.66. The Labute approximate surface area is 205 Å². The Morgan fingerprint density at radius 1 is 0.529 bits per heavy atom. The van der Waals surface area contributed by atoms with E-state index in [-0.39, 0.29) is 16.2 Å². The highest BCUT2D eigenvalue weighted by atomic mass is 14.5. The van der Waals surface area contributed by atoms with E-state index in [9.17, 15) is 0 Å². The quantitative estimate of drug-likeness (QED) is 0.255. The van der Waals surface area contributed by atoms with Crippen LogP contribution >= 0.6 is 0 Å². The van der Waals surface area contributed by atoms with E-state index in [4.69, 9.17) is 0 Å². The topological polar surface area (TPSA) is 0 Å². The van der Waals surface area contributed by atoms with Crippen LogP contribution in [0.5, 0.6) is 0 Å². The second-order valence-electron chi connectivity index (χ2n) is 12.0. The molecule has 0 aliphatic heterocycles. The third kappa shape index (κ3) is 3.35. The van der Waals surface area contributed by atoms with Gasteiger partial charge in [-0.3, -0.25) is 0 Å². The van der Waals surface area contributed by atoms with Crippen molar-refractivity contribution in [2.75, 3.05) is 0 Å². The molecule has 4 aromatic carbocycles. The zero-order valence-electron chi connectivity index (χ0n) is 21.7. The van der Waals surface area contributed by atoms with Crippen LogP contribution in [0.1, 0.15) is 80.5 Å². The minimum absolute atomic E-state index is 0.0737. The Hall–Kier alpha value is -3.12. The highest BCUT2D eigenvalue weighted by Crippen LogP contribution is 2.58. The van der Waals surface area contributed by atoms with Gasteiger partial charge < -0.3 is 0 Å². The molecule has 34 heavy (non-hydrogen) atoms. The van der Waals surface area contributed by atoms with Gasteiger partial charge >= 0.3 is 0 Å². The second-order valence-corrected chi connectivity index (χ2v) is 12.0. The summed E-state index contributed by atoms with van der Waals surface area (Å²) in [6, 6.07) is 34.4. The van der Waals surface area contributed by atoms with Crippen LogP contribution in [-0.4, -0.2) is 0 Å². The predicted octanol–water partition coefficient (Wildman–Crippen LogP) is 8.95. The smallest absolute Gasteiger partial charge is 0.0622 e. The molecular formula is C34H36. The number of aryl methyl sites for hydroxylation is 1. The first-order chi connectivity index (χ1) is 16.0. The average molecular weight is 445 g/mol. The Morgan fingerprint density at radius 3 is 1.53 bits per heavy atom. The van der Waals surface area contributed by atoms with E-state index in [1.54, 1.807) is 0 Å². The Morgan fingerprint density at radius 2 is 1.03 bits per heavy atom. The van der Waals surface area contributed by atoms with Gasteiger partial charge in [-0.05, 0) is 67.8 Å². The van der Waals surface area contributed by atoms with Crippen LogP contribution in [0.4, 0.5) is 0 Å². The zero-order valence-corrected chi connectivity index (χ0v) is 21.7. The van der Waals surface area contributed by atoms with Crippen LogP contribution in [0.15, 0.2) is 91.0 Å². The highest BCUT2D eigenvalue weighted by molar-refractivity contribution is 5.88. The number of rotatable bonds is 2. The molecule has 0 saturated carbocycles. The molecule has 0 fully saturated rings. The van der Waals surface area contributed by atoms with Crippen LogP contribution in [0.3, 0.4) is 0 Å². The van der Waals surface area contributed by atoms with Crippen LogP contribution < -0.4 is 0 Å². The van der Waals surface area contributed by atoms with Gasteiger partial charge in [0.25, 0.3) is 0 Å². The maximum atomic E-state index is 2.50. The molecule has 0 atom stereocenters. The summed E-state index contributed by atoms with van der Waals surface area (Å²) in [6.45, 7) is 16.2. The number of hydrogen-bond acceptors (Lipinski definition) is 0. The van der Waals surface area contributed by atoms with Gasteiger partial charge in [-0.2, -0.15) is 0 Å². The van der Waals surface area contributed by atoms with E-state index in [2.05, 4.69) is 139 Å². The van der Waals surface area contributed by atoms with Crippen molar-refractivity contribution >= 4 is 0 Å². The van der Waals surface area contributed by atoms with Gasteiger partial charge in [-0.25, -0.2) is 0 Å². The molecule has 1 aliphatic rings. The van der Waals surface area contributed by atoms with Gasteiger partial charge in [0.1, 0.15) is 0 Å². The van der Waals surface area contributed by atoms with Crippen molar-refractivity contribution in [3.63, 3.8) is 0 Å². The summed E-state index contributed by atoms with van der Waals surface area (Å²) in [5.74, 6) is 0. The number of benzene rings is 4. The van der Waals surface area contributed by atoms with E-state index in [1.165, 1.54) is 50.1 Å². The van der Waals surface area contributed by atoms with Crippen LogP contribution in [0.25, 0.3) is 11.1 Å². The van der Waals surface area contributed by atoms with Gasteiger partial charge in [-0.15, -0.1) is 0 Å². The molecule has 0 bridgehead atoms. The van der Waals surface area contributed by atoms with E-state index >= 15 is 0 Å². The molecule has 0 saturated heterocycles. The minimum Gasteiger partial charge on any atom is -0.0622 e. The average Bonchev–Trinajstić information content (AvgIpc) is 3.10. The van der Waals surface area contributed by atoms with Crippen molar-refractivity contribution in [3.05, 3.63) is 130 Å². The summed E-state index contributed by atoms with van der Waals surface area (Å²) >= 11 is 0. The summed E-state index contributed by atoms with van der Waals surface area (Å²) in [6.07, 6.45) is 0. The van der Waals surface area contributed by atoms with Crippen molar-refractivity contribution in [3.8, 4) is 11.1 Å². The second kappa shape index (κ2) is 7.70. The molecule has 0 spiro atoms. The van der Waals surface area contributed by atoms with Crippen LogP contribution in [0.2, 0.25) is 0 Å². The molecule has 4 aromatic rings. The van der Waals surface area contributed by atoms with Gasteiger partial charge in [0, 0.05) is 0 Å². The molecule has 0 N–H and O–H groups in total. The van der Waals surface area contributed by atoms with Gasteiger partial charge in [0.05, 0.1) is 5.41 Å². The van der Waals surface area contributed by atoms with Gasteiger partial charge in [-0.1, -0.05) is 133 Å². The van der Waals surface area contributed by atoms with E-state index in [0.717, 1.165) is 0 Å². The fourth-order valence-corrected chi connectivity index (χ4v) is 5.72. The van der Waals surface area contributed by atoms with Gasteiger partial charge in [0.15, 0.2) is 0 Å². The Balaban J connectivity index is 2.00. The third-order valence-corrected chi connectivity index (χ3v) is 7.58. The summed E-state index contributed by atoms with van der Waals surface area (Å²) < 4.78 is 0. The predicted molar refractivity (Wildman–Crippen MR) is 146 cm³/mol. The molecular weight excluding hydrogens is 408 g/mol. The fourth-order valence-electron chi connectivity index (χ4n) is 5.72. The van der Waals surface area contributed by atoms with Crippen molar-refractivity contribution < 1.29 is 0 Å². The molecule has 0 aromatic heterocycles. The molecule has 1 aliphatic carbocycles. The van der Waals surface area contributed by atoms with E-state index in [1.807, 2.05) is 0 Å². The summed E-state index contributed by atoms with van der Waals surface area (Å²) in [4.78, 5) is 0. The lowest BCUT2D eigenvalue weighted by Gasteiger charge is -2.35. The molecule has 0 radical (unpaired) electrons. The fraction of sp³-hybridized carbons (Fsp3) is 0.294. The molecule has 0 amide bonds. The van der Waals surface area contributed by atoms with E-state index < -0.39 is 0 Å². The molecule has 5 rings (SSSR count). The molecule has 0 unspecified atom stereocenters. The van der Waals surface area contributed by atoms with E-state index in [0.29, 0.717) is 0 Å². The third-order valence-electron chi connectivity index (χ3n) is 7.58. The monoisotopic (exact) mass is 444 g/mol. The van der Waals surface area contributed by atoms with Crippen LogP contribution in [0, 0.1) is 6.92 Å². The largest absolute Gasteiger partial charge is 0.0713 e. The van der Waals surface area contributed by atoms with Crippen molar-refractivity contribution in [1.29, 1.82) is 0 Å². The Bertz CT molecular complexity index is 1300. The first-order valence-corrected chi connectivity index (χ1v) is 12.5. The zero-order chi connectivity index (χ0) is 24.3.